The third-order valence-electron chi connectivity index (χ3n) is 4.73. The highest BCUT2D eigenvalue weighted by atomic mass is 19.4. The Balaban J connectivity index is 1.57. The number of piperazine rings is 1. The van der Waals surface area contributed by atoms with Crippen LogP contribution in [0.25, 0.3) is 5.69 Å². The molecular weight excluding hydrogens is 397 g/mol. The van der Waals surface area contributed by atoms with E-state index in [9.17, 15) is 18.0 Å². The zero-order chi connectivity index (χ0) is 21.1. The first-order valence-electron chi connectivity index (χ1n) is 9.37. The Morgan fingerprint density at radius 1 is 1.03 bits per heavy atom. The predicted molar refractivity (Wildman–Crippen MR) is 106 cm³/mol. The Kier molecular flexibility index (Phi) is 5.40. The number of nitrogens with zero attached hydrogens (tertiary/aromatic N) is 4. The van der Waals surface area contributed by atoms with Crippen molar-refractivity contribution in [2.24, 2.45) is 0 Å². The third kappa shape index (κ3) is 4.13. The van der Waals surface area contributed by atoms with Crippen molar-refractivity contribution >= 4 is 17.4 Å². The van der Waals surface area contributed by atoms with Crippen LogP contribution in [0.3, 0.4) is 0 Å². The van der Waals surface area contributed by atoms with Crippen molar-refractivity contribution in [1.82, 2.24) is 20.1 Å². The molecule has 0 aliphatic carbocycles. The Morgan fingerprint density at radius 2 is 1.77 bits per heavy atom. The fourth-order valence-electron chi connectivity index (χ4n) is 3.29. The quantitative estimate of drug-likeness (QED) is 0.684. The second kappa shape index (κ2) is 8.15. The maximum Gasteiger partial charge on any atom is 0.434 e. The van der Waals surface area contributed by atoms with Gasteiger partial charge in [-0.2, -0.15) is 18.3 Å². The third-order valence-corrected chi connectivity index (χ3v) is 4.73. The summed E-state index contributed by atoms with van der Waals surface area (Å²) in [6, 6.07) is 11.2. The molecule has 156 valence electrons. The summed E-state index contributed by atoms with van der Waals surface area (Å²) in [6.07, 6.45) is -2.40. The van der Waals surface area contributed by atoms with Crippen molar-refractivity contribution in [2.45, 2.75) is 6.18 Å². The number of para-hydroxylation sites is 1. The van der Waals surface area contributed by atoms with Gasteiger partial charge in [-0.15, -0.1) is 0 Å². The van der Waals surface area contributed by atoms with Gasteiger partial charge in [0, 0.05) is 26.2 Å². The van der Waals surface area contributed by atoms with Gasteiger partial charge in [0.25, 0.3) is 5.91 Å². The van der Waals surface area contributed by atoms with Crippen molar-refractivity contribution in [3.05, 3.63) is 66.1 Å². The number of halogens is 3. The minimum absolute atomic E-state index is 0.214. The number of pyridine rings is 1. The van der Waals surface area contributed by atoms with Gasteiger partial charge in [-0.3, -0.25) is 4.79 Å². The number of alkyl halides is 3. The number of anilines is 2. The molecule has 1 aliphatic rings. The monoisotopic (exact) mass is 416 g/mol. The SMILES string of the molecule is O=C(Nc1ccc(N2CCNCC2)nc1)c1cnn(-c2ccccc2)c1C(F)(F)F. The Morgan fingerprint density at radius 3 is 2.40 bits per heavy atom. The van der Waals surface area contributed by atoms with E-state index in [1.807, 2.05) is 0 Å². The summed E-state index contributed by atoms with van der Waals surface area (Å²) in [5, 5.41) is 9.52. The van der Waals surface area contributed by atoms with Crippen LogP contribution in [0.2, 0.25) is 0 Å². The number of rotatable bonds is 4. The van der Waals surface area contributed by atoms with Crippen molar-refractivity contribution in [2.75, 3.05) is 36.4 Å². The van der Waals surface area contributed by atoms with Gasteiger partial charge >= 0.3 is 6.18 Å². The molecule has 0 atom stereocenters. The molecule has 0 bridgehead atoms. The molecule has 0 spiro atoms. The van der Waals surface area contributed by atoms with Crippen LogP contribution in [0.15, 0.2) is 54.9 Å². The van der Waals surface area contributed by atoms with E-state index in [2.05, 4.69) is 25.6 Å². The lowest BCUT2D eigenvalue weighted by Crippen LogP contribution is -2.43. The van der Waals surface area contributed by atoms with E-state index in [0.29, 0.717) is 5.69 Å². The fourth-order valence-corrected chi connectivity index (χ4v) is 3.29. The van der Waals surface area contributed by atoms with Crippen molar-refractivity contribution in [1.29, 1.82) is 0 Å². The van der Waals surface area contributed by atoms with Crippen LogP contribution < -0.4 is 15.5 Å². The van der Waals surface area contributed by atoms with Crippen LogP contribution in [-0.4, -0.2) is 46.9 Å². The molecule has 0 unspecified atom stereocenters. The summed E-state index contributed by atoms with van der Waals surface area (Å²) >= 11 is 0. The molecule has 7 nitrogen and oxygen atoms in total. The summed E-state index contributed by atoms with van der Waals surface area (Å²) in [5.74, 6) is -0.149. The Labute approximate surface area is 170 Å². The first-order chi connectivity index (χ1) is 14.4. The molecule has 0 radical (unpaired) electrons. The minimum atomic E-state index is -4.76. The lowest BCUT2D eigenvalue weighted by Gasteiger charge is -2.28. The average Bonchev–Trinajstić information content (AvgIpc) is 3.22. The van der Waals surface area contributed by atoms with E-state index in [-0.39, 0.29) is 5.69 Å². The van der Waals surface area contributed by atoms with Crippen LogP contribution in [0, 0.1) is 0 Å². The van der Waals surface area contributed by atoms with E-state index in [1.54, 1.807) is 30.3 Å². The van der Waals surface area contributed by atoms with Crippen LogP contribution >= 0.6 is 0 Å². The fraction of sp³-hybridized carbons (Fsp3) is 0.250. The van der Waals surface area contributed by atoms with Crippen LogP contribution in [0.5, 0.6) is 0 Å². The van der Waals surface area contributed by atoms with Gasteiger partial charge in [-0.25, -0.2) is 9.67 Å². The molecule has 2 aromatic heterocycles. The second-order valence-electron chi connectivity index (χ2n) is 6.75. The second-order valence-corrected chi connectivity index (χ2v) is 6.75. The molecule has 10 heteroatoms. The molecule has 1 aromatic carbocycles. The molecule has 30 heavy (non-hydrogen) atoms. The van der Waals surface area contributed by atoms with E-state index < -0.39 is 23.3 Å². The number of carbonyl (C=O) groups excluding carboxylic acids is 1. The minimum Gasteiger partial charge on any atom is -0.354 e. The van der Waals surface area contributed by atoms with Gasteiger partial charge in [-0.1, -0.05) is 18.2 Å². The molecule has 1 saturated heterocycles. The van der Waals surface area contributed by atoms with Crippen LogP contribution in [-0.2, 0) is 6.18 Å². The van der Waals surface area contributed by atoms with Gasteiger partial charge < -0.3 is 15.5 Å². The Bertz CT molecular complexity index is 1010. The number of benzene rings is 1. The van der Waals surface area contributed by atoms with Gasteiger partial charge in [-0.05, 0) is 24.3 Å². The maximum atomic E-state index is 13.7. The lowest BCUT2D eigenvalue weighted by atomic mass is 10.2. The molecule has 1 amide bonds. The summed E-state index contributed by atoms with van der Waals surface area (Å²) in [6.45, 7) is 3.33. The van der Waals surface area contributed by atoms with Gasteiger partial charge in [0.05, 0.1) is 29.3 Å². The van der Waals surface area contributed by atoms with Gasteiger partial charge in [0.15, 0.2) is 5.69 Å². The van der Waals surface area contributed by atoms with Gasteiger partial charge in [0.2, 0.25) is 0 Å². The van der Waals surface area contributed by atoms with Gasteiger partial charge in [0.1, 0.15) is 5.82 Å². The molecule has 3 heterocycles. The number of amides is 1. The number of hydrogen-bond donors (Lipinski definition) is 2. The van der Waals surface area contributed by atoms with Crippen LogP contribution in [0.1, 0.15) is 16.1 Å². The van der Waals surface area contributed by atoms with E-state index >= 15 is 0 Å². The molecule has 0 saturated carbocycles. The summed E-state index contributed by atoms with van der Waals surface area (Å²) in [7, 11) is 0. The van der Waals surface area contributed by atoms with E-state index in [1.165, 1.54) is 18.3 Å². The lowest BCUT2D eigenvalue weighted by molar-refractivity contribution is -0.143. The largest absolute Gasteiger partial charge is 0.434 e. The summed E-state index contributed by atoms with van der Waals surface area (Å²) in [4.78, 5) is 19.0. The average molecular weight is 416 g/mol. The summed E-state index contributed by atoms with van der Waals surface area (Å²) in [5.41, 5.74) is -1.17. The standard InChI is InChI=1S/C20H19F3N6O/c21-20(22,23)18-16(13-26-29(18)15-4-2-1-3-5-15)19(30)27-14-6-7-17(25-12-14)28-10-8-24-9-11-28/h1-7,12-13,24H,8-11H2,(H,27,30). The van der Waals surface area contributed by atoms with E-state index in [0.717, 1.165) is 42.9 Å². The zero-order valence-electron chi connectivity index (χ0n) is 15.9. The highest BCUT2D eigenvalue weighted by Gasteiger charge is 2.40. The van der Waals surface area contributed by atoms with Crippen molar-refractivity contribution in [3.8, 4) is 5.69 Å². The number of carbonyl (C=O) groups is 1. The molecule has 3 aromatic rings. The molecule has 4 rings (SSSR count). The normalized spacial score (nSPS) is 14.6. The molecular formula is C20H19F3N6O. The first kappa shape index (κ1) is 19.9. The smallest absolute Gasteiger partial charge is 0.354 e. The topological polar surface area (TPSA) is 75.1 Å². The maximum absolute atomic E-state index is 13.7. The summed E-state index contributed by atoms with van der Waals surface area (Å²) < 4.78 is 41.9. The zero-order valence-corrected chi connectivity index (χ0v) is 15.9. The van der Waals surface area contributed by atoms with Crippen molar-refractivity contribution in [3.63, 3.8) is 0 Å². The molecule has 2 N–H and O–H groups in total. The van der Waals surface area contributed by atoms with Crippen molar-refractivity contribution < 1.29 is 18.0 Å². The predicted octanol–water partition coefficient (Wildman–Crippen LogP) is 2.95. The number of hydrogen-bond acceptors (Lipinski definition) is 5. The van der Waals surface area contributed by atoms with E-state index in [4.69, 9.17) is 0 Å². The van der Waals surface area contributed by atoms with Crippen LogP contribution in [0.4, 0.5) is 24.7 Å². The molecule has 1 fully saturated rings. The highest BCUT2D eigenvalue weighted by Crippen LogP contribution is 2.34. The number of aromatic nitrogens is 3. The molecule has 1 aliphatic heterocycles. The Hall–Kier alpha value is -3.40. The number of nitrogens with one attached hydrogen (secondary N) is 2. The first-order valence-corrected chi connectivity index (χ1v) is 9.37. The highest BCUT2D eigenvalue weighted by molar-refractivity contribution is 6.05.